The van der Waals surface area contributed by atoms with Gasteiger partial charge in [-0.05, 0) is 54.6 Å². The Morgan fingerprint density at radius 2 is 1.08 bits per heavy atom. The smallest absolute Gasteiger partial charge is 0.397 e. The van der Waals surface area contributed by atoms with Gasteiger partial charge in [-0.1, -0.05) is 12.1 Å². The first-order valence-electron chi connectivity index (χ1n) is 15.8. The first kappa shape index (κ1) is 36.3. The summed E-state index contributed by atoms with van der Waals surface area (Å²) in [5, 5.41) is 11.2. The molecule has 0 amide bonds. The topological polar surface area (TPSA) is 108 Å². The SMILES string of the molecule is Nc1cc(C(F)(F)F)ccc1N1CCN(Cc2ccccn2)CC1.O=[N+]([O-])c1cc(C(F)(F)F)ccc1N1CCN(Cc2ccccn2)CC1. The van der Waals surface area contributed by atoms with Gasteiger partial charge in [-0.3, -0.25) is 29.9 Å². The van der Waals surface area contributed by atoms with Gasteiger partial charge < -0.3 is 15.5 Å². The first-order chi connectivity index (χ1) is 23.8. The summed E-state index contributed by atoms with van der Waals surface area (Å²) in [6.07, 6.45) is -5.48. The van der Waals surface area contributed by atoms with E-state index < -0.39 is 34.1 Å². The summed E-state index contributed by atoms with van der Waals surface area (Å²) in [6, 6.07) is 17.8. The third-order valence-corrected chi connectivity index (χ3v) is 8.50. The fraction of sp³-hybridized carbons (Fsp3) is 0.353. The fourth-order valence-electron chi connectivity index (χ4n) is 5.87. The number of piperazine rings is 2. The zero-order valence-electron chi connectivity index (χ0n) is 26.9. The van der Waals surface area contributed by atoms with E-state index in [0.717, 1.165) is 62.3 Å². The van der Waals surface area contributed by atoms with Gasteiger partial charge in [-0.2, -0.15) is 26.3 Å². The second-order valence-electron chi connectivity index (χ2n) is 11.9. The highest BCUT2D eigenvalue weighted by Crippen LogP contribution is 2.37. The lowest BCUT2D eigenvalue weighted by molar-refractivity contribution is -0.384. The van der Waals surface area contributed by atoms with E-state index in [1.807, 2.05) is 41.3 Å². The minimum absolute atomic E-state index is 0.169. The predicted molar refractivity (Wildman–Crippen MR) is 177 cm³/mol. The van der Waals surface area contributed by atoms with Gasteiger partial charge >= 0.3 is 12.4 Å². The van der Waals surface area contributed by atoms with Gasteiger partial charge in [0, 0.05) is 83.9 Å². The number of pyridine rings is 2. The Balaban J connectivity index is 0.000000195. The van der Waals surface area contributed by atoms with Crippen LogP contribution in [0.2, 0.25) is 0 Å². The number of benzene rings is 2. The zero-order valence-corrected chi connectivity index (χ0v) is 26.9. The fourth-order valence-corrected chi connectivity index (χ4v) is 5.87. The molecule has 0 saturated carbocycles. The quantitative estimate of drug-likeness (QED) is 0.102. The molecule has 0 unspecified atom stereocenters. The van der Waals surface area contributed by atoms with Gasteiger partial charge in [0.2, 0.25) is 0 Å². The second kappa shape index (κ2) is 15.7. The van der Waals surface area contributed by atoms with E-state index >= 15 is 0 Å². The number of nitrogens with two attached hydrogens (primary N) is 1. The number of rotatable bonds is 7. The molecule has 2 fully saturated rings. The molecule has 16 heteroatoms. The average Bonchev–Trinajstić information content (AvgIpc) is 3.09. The van der Waals surface area contributed by atoms with Gasteiger partial charge in [0.1, 0.15) is 5.69 Å². The standard InChI is InChI=1S/C17H17F3N4O2.C17H19F3N4/c18-17(19,20)13-4-5-15(16(11-13)24(25)26)23-9-7-22(8-10-23)12-14-3-1-2-6-21-14;18-17(19,20)13-4-5-16(15(21)11-13)24-9-7-23(8-10-24)12-14-3-1-2-6-22-14/h1-6,11H,7-10,12H2;1-6,11H,7-10,12,21H2. The van der Waals surface area contributed by atoms with Gasteiger partial charge in [0.25, 0.3) is 5.69 Å². The van der Waals surface area contributed by atoms with Crippen LogP contribution in [-0.4, -0.2) is 77.0 Å². The Morgan fingerprint density at radius 1 is 0.640 bits per heavy atom. The van der Waals surface area contributed by atoms with Crippen LogP contribution in [0.3, 0.4) is 0 Å². The monoisotopic (exact) mass is 702 g/mol. The summed E-state index contributed by atoms with van der Waals surface area (Å²) >= 11 is 0. The number of halogens is 6. The van der Waals surface area contributed by atoms with Gasteiger partial charge in [0.15, 0.2) is 0 Å². The highest BCUT2D eigenvalue weighted by molar-refractivity contribution is 5.69. The van der Waals surface area contributed by atoms with Gasteiger partial charge in [0.05, 0.1) is 38.8 Å². The van der Waals surface area contributed by atoms with Crippen molar-refractivity contribution in [3.63, 3.8) is 0 Å². The Bertz CT molecular complexity index is 1710. The Kier molecular flexibility index (Phi) is 11.4. The largest absolute Gasteiger partial charge is 0.416 e. The molecule has 6 rings (SSSR count). The maximum atomic E-state index is 12.8. The molecule has 2 aromatic heterocycles. The van der Waals surface area contributed by atoms with E-state index in [0.29, 0.717) is 44.5 Å². The van der Waals surface area contributed by atoms with Crippen LogP contribution in [-0.2, 0) is 25.4 Å². The molecule has 4 heterocycles. The summed E-state index contributed by atoms with van der Waals surface area (Å²) in [4.78, 5) is 27.3. The molecule has 2 N–H and O–H groups in total. The molecule has 10 nitrogen and oxygen atoms in total. The third-order valence-electron chi connectivity index (χ3n) is 8.50. The molecule has 266 valence electrons. The molecule has 0 spiro atoms. The Morgan fingerprint density at radius 3 is 1.48 bits per heavy atom. The van der Waals surface area contributed by atoms with Crippen LogP contribution in [0.4, 0.5) is 49.1 Å². The van der Waals surface area contributed by atoms with E-state index in [2.05, 4.69) is 19.8 Å². The number of aromatic nitrogens is 2. The minimum atomic E-state index is -4.61. The van der Waals surface area contributed by atoms with Crippen molar-refractivity contribution in [3.05, 3.63) is 118 Å². The van der Waals surface area contributed by atoms with E-state index in [9.17, 15) is 36.5 Å². The summed E-state index contributed by atoms with van der Waals surface area (Å²) in [7, 11) is 0. The van der Waals surface area contributed by atoms with Gasteiger partial charge in [-0.15, -0.1) is 0 Å². The molecule has 2 aromatic carbocycles. The van der Waals surface area contributed by atoms with Crippen molar-refractivity contribution >= 4 is 22.7 Å². The van der Waals surface area contributed by atoms with Crippen molar-refractivity contribution in [2.24, 2.45) is 0 Å². The maximum Gasteiger partial charge on any atom is 0.416 e. The second-order valence-corrected chi connectivity index (χ2v) is 11.9. The molecule has 0 bridgehead atoms. The number of hydrogen-bond acceptors (Lipinski definition) is 9. The lowest BCUT2D eigenvalue weighted by Gasteiger charge is -2.36. The van der Waals surface area contributed by atoms with Crippen LogP contribution in [0.15, 0.2) is 85.2 Å². The molecule has 0 atom stereocenters. The highest BCUT2D eigenvalue weighted by Gasteiger charge is 2.34. The van der Waals surface area contributed by atoms with Crippen molar-refractivity contribution in [1.29, 1.82) is 0 Å². The van der Waals surface area contributed by atoms with Crippen molar-refractivity contribution < 1.29 is 31.3 Å². The van der Waals surface area contributed by atoms with Crippen molar-refractivity contribution in [2.75, 3.05) is 67.9 Å². The van der Waals surface area contributed by atoms with Crippen molar-refractivity contribution in [2.45, 2.75) is 25.4 Å². The number of nitrogen functional groups attached to an aromatic ring is 1. The molecule has 2 saturated heterocycles. The van der Waals surface area contributed by atoms with Crippen LogP contribution in [0.5, 0.6) is 0 Å². The van der Waals surface area contributed by atoms with Crippen molar-refractivity contribution in [3.8, 4) is 0 Å². The minimum Gasteiger partial charge on any atom is -0.397 e. The summed E-state index contributed by atoms with van der Waals surface area (Å²) in [5.41, 5.74) is 6.61. The number of alkyl halides is 6. The molecule has 0 radical (unpaired) electrons. The molecule has 2 aliphatic rings. The van der Waals surface area contributed by atoms with E-state index in [1.54, 1.807) is 17.3 Å². The van der Waals surface area contributed by atoms with E-state index in [-0.39, 0.29) is 11.4 Å². The van der Waals surface area contributed by atoms with Crippen LogP contribution >= 0.6 is 0 Å². The lowest BCUT2D eigenvalue weighted by Crippen LogP contribution is -2.46. The highest BCUT2D eigenvalue weighted by atomic mass is 19.4. The number of anilines is 3. The van der Waals surface area contributed by atoms with Crippen molar-refractivity contribution in [1.82, 2.24) is 19.8 Å². The number of nitrogens with zero attached hydrogens (tertiary/aromatic N) is 7. The zero-order chi connectivity index (χ0) is 35.9. The molecular formula is C34H36F6N8O2. The molecular weight excluding hydrogens is 666 g/mol. The number of nitro benzene ring substituents is 1. The first-order valence-corrected chi connectivity index (χ1v) is 15.8. The van der Waals surface area contributed by atoms with Crippen LogP contribution < -0.4 is 15.5 Å². The Labute approximate surface area is 284 Å². The van der Waals surface area contributed by atoms with Gasteiger partial charge in [-0.25, -0.2) is 0 Å². The maximum absolute atomic E-state index is 12.8. The third kappa shape index (κ3) is 9.59. The van der Waals surface area contributed by atoms with Crippen LogP contribution in [0, 0.1) is 10.1 Å². The number of nitro groups is 1. The molecule has 50 heavy (non-hydrogen) atoms. The average molecular weight is 703 g/mol. The summed E-state index contributed by atoms with van der Waals surface area (Å²) in [6.45, 7) is 6.82. The molecule has 2 aliphatic heterocycles. The van der Waals surface area contributed by atoms with E-state index in [4.69, 9.17) is 5.73 Å². The normalized spacial score (nSPS) is 16.1. The lowest BCUT2D eigenvalue weighted by atomic mass is 10.1. The van der Waals surface area contributed by atoms with Crippen LogP contribution in [0.25, 0.3) is 0 Å². The predicted octanol–water partition coefficient (Wildman–Crippen LogP) is 6.34. The van der Waals surface area contributed by atoms with E-state index in [1.165, 1.54) is 12.1 Å². The molecule has 0 aliphatic carbocycles. The summed E-state index contributed by atoms with van der Waals surface area (Å²) in [5.74, 6) is 0. The van der Waals surface area contributed by atoms with Crippen LogP contribution in [0.1, 0.15) is 22.5 Å². The number of hydrogen-bond donors (Lipinski definition) is 1. The summed E-state index contributed by atoms with van der Waals surface area (Å²) < 4.78 is 76.6. The Hall–Kier alpha value is -4.96. The molecule has 4 aromatic rings.